The predicted molar refractivity (Wildman–Crippen MR) is 70.9 cm³/mol. The van der Waals surface area contributed by atoms with E-state index in [4.69, 9.17) is 5.73 Å². The second kappa shape index (κ2) is 4.62. The Morgan fingerprint density at radius 3 is 2.19 bits per heavy atom. The fourth-order valence-corrected chi connectivity index (χ4v) is 2.05. The van der Waals surface area contributed by atoms with Crippen molar-refractivity contribution in [3.63, 3.8) is 0 Å². The largest absolute Gasteiger partial charge is 0.383 e. The van der Waals surface area contributed by atoms with Crippen molar-refractivity contribution in [1.82, 2.24) is 9.97 Å². The Morgan fingerprint density at radius 1 is 1.19 bits per heavy atom. The lowest BCUT2D eigenvalue weighted by molar-refractivity contribution is 0.538. The minimum atomic E-state index is -0.0614. The molecule has 2 N–H and O–H groups in total. The molecule has 1 rings (SSSR count). The van der Waals surface area contributed by atoms with Crippen LogP contribution in [-0.2, 0) is 5.41 Å². The maximum atomic E-state index is 5.93. The third-order valence-electron chi connectivity index (χ3n) is 2.16. The summed E-state index contributed by atoms with van der Waals surface area (Å²) in [6.07, 6.45) is 0. The molecule has 0 bridgehead atoms. The lowest BCUT2D eigenvalue weighted by atomic mass is 9.95. The fourth-order valence-electron chi connectivity index (χ4n) is 1.19. The van der Waals surface area contributed by atoms with Crippen LogP contribution in [0.1, 0.15) is 46.0 Å². The number of hydrogen-bond acceptors (Lipinski definition) is 4. The number of nitrogen functional groups attached to an aromatic ring is 1. The van der Waals surface area contributed by atoms with Crippen molar-refractivity contribution >= 4 is 17.6 Å². The Labute approximate surface area is 102 Å². The van der Waals surface area contributed by atoms with E-state index in [1.165, 1.54) is 0 Å². The van der Waals surface area contributed by atoms with Crippen molar-refractivity contribution in [3.05, 3.63) is 11.4 Å². The number of rotatable bonds is 2. The van der Waals surface area contributed by atoms with Crippen LogP contribution in [0.15, 0.2) is 5.03 Å². The highest BCUT2D eigenvalue weighted by Gasteiger charge is 2.20. The van der Waals surface area contributed by atoms with Crippen molar-refractivity contribution in [3.8, 4) is 0 Å². The highest BCUT2D eigenvalue weighted by Crippen LogP contribution is 2.29. The summed E-state index contributed by atoms with van der Waals surface area (Å²) in [6.45, 7) is 12.6. The molecule has 0 aliphatic rings. The lowest BCUT2D eigenvalue weighted by Gasteiger charge is -2.19. The number of anilines is 1. The van der Waals surface area contributed by atoms with Crippen molar-refractivity contribution in [2.75, 3.05) is 5.73 Å². The Balaban J connectivity index is 3.22. The zero-order valence-corrected chi connectivity index (χ0v) is 11.8. The number of thioether (sulfide) groups is 1. The van der Waals surface area contributed by atoms with Gasteiger partial charge in [0, 0.05) is 16.2 Å². The quantitative estimate of drug-likeness (QED) is 0.636. The monoisotopic (exact) mass is 239 g/mol. The second-order valence-corrected chi connectivity index (χ2v) is 6.84. The molecule has 0 saturated carbocycles. The number of aromatic nitrogens is 2. The summed E-state index contributed by atoms with van der Waals surface area (Å²) in [5, 5.41) is 1.51. The summed E-state index contributed by atoms with van der Waals surface area (Å²) >= 11 is 1.74. The van der Waals surface area contributed by atoms with Gasteiger partial charge >= 0.3 is 0 Å². The smallest absolute Gasteiger partial charge is 0.137 e. The number of hydrogen-bond donors (Lipinski definition) is 1. The zero-order chi connectivity index (χ0) is 12.5. The average Bonchev–Trinajstić information content (AvgIpc) is 2.10. The van der Waals surface area contributed by atoms with Gasteiger partial charge in [0.25, 0.3) is 0 Å². The predicted octanol–water partition coefficient (Wildman–Crippen LogP) is 3.17. The lowest BCUT2D eigenvalue weighted by Crippen LogP contribution is -2.18. The summed E-state index contributed by atoms with van der Waals surface area (Å²) in [7, 11) is 0. The van der Waals surface area contributed by atoms with Crippen LogP contribution in [0.25, 0.3) is 0 Å². The van der Waals surface area contributed by atoms with Crippen molar-refractivity contribution in [2.45, 2.75) is 57.2 Å². The first-order chi connectivity index (χ1) is 7.21. The van der Waals surface area contributed by atoms with Crippen LogP contribution in [-0.4, -0.2) is 15.2 Å². The molecule has 0 saturated heterocycles. The van der Waals surface area contributed by atoms with Crippen molar-refractivity contribution < 1.29 is 0 Å². The van der Waals surface area contributed by atoms with Gasteiger partial charge in [-0.1, -0.05) is 34.6 Å². The molecule has 0 unspecified atom stereocenters. The topological polar surface area (TPSA) is 51.8 Å². The molecular formula is C12H21N3S. The number of nitrogens with two attached hydrogens (primary N) is 1. The van der Waals surface area contributed by atoms with Gasteiger partial charge in [0.2, 0.25) is 0 Å². The molecule has 16 heavy (non-hydrogen) atoms. The standard InChI is InChI=1S/C12H21N3S/c1-7(2)16-10-8(3)9(13)14-11(15-10)12(4,5)6/h7H,1-6H3,(H2,13,14,15). The SMILES string of the molecule is Cc1c(N)nc(C(C)(C)C)nc1SC(C)C. The molecule has 1 aromatic rings. The summed E-state index contributed by atoms with van der Waals surface area (Å²) < 4.78 is 0. The van der Waals surface area contributed by atoms with E-state index >= 15 is 0 Å². The normalized spacial score (nSPS) is 12.2. The van der Waals surface area contributed by atoms with E-state index < -0.39 is 0 Å². The minimum Gasteiger partial charge on any atom is -0.383 e. The van der Waals surface area contributed by atoms with Crippen LogP contribution in [0, 0.1) is 6.92 Å². The van der Waals surface area contributed by atoms with E-state index in [0.717, 1.165) is 16.4 Å². The van der Waals surface area contributed by atoms with Gasteiger partial charge in [-0.05, 0) is 6.92 Å². The van der Waals surface area contributed by atoms with Crippen molar-refractivity contribution in [2.24, 2.45) is 0 Å². The first-order valence-corrected chi connectivity index (χ1v) is 6.41. The molecule has 1 heterocycles. The molecule has 0 radical (unpaired) electrons. The zero-order valence-electron chi connectivity index (χ0n) is 11.0. The molecule has 0 fully saturated rings. The first kappa shape index (κ1) is 13.3. The minimum absolute atomic E-state index is 0.0614. The van der Waals surface area contributed by atoms with Gasteiger partial charge in [0.1, 0.15) is 16.7 Å². The molecule has 0 aliphatic heterocycles. The van der Waals surface area contributed by atoms with E-state index in [1.54, 1.807) is 11.8 Å². The first-order valence-electron chi connectivity index (χ1n) is 5.53. The van der Waals surface area contributed by atoms with E-state index in [9.17, 15) is 0 Å². The highest BCUT2D eigenvalue weighted by molar-refractivity contribution is 7.99. The Morgan fingerprint density at radius 2 is 1.75 bits per heavy atom. The fraction of sp³-hybridized carbons (Fsp3) is 0.667. The molecule has 90 valence electrons. The highest BCUT2D eigenvalue weighted by atomic mass is 32.2. The molecule has 1 aromatic heterocycles. The van der Waals surface area contributed by atoms with Crippen LogP contribution >= 0.6 is 11.8 Å². The Bertz CT molecular complexity index is 381. The van der Waals surface area contributed by atoms with Gasteiger partial charge in [0.15, 0.2) is 0 Å². The van der Waals surface area contributed by atoms with Crippen LogP contribution in [0.5, 0.6) is 0 Å². The molecule has 0 spiro atoms. The van der Waals surface area contributed by atoms with Gasteiger partial charge < -0.3 is 5.73 Å². The summed E-state index contributed by atoms with van der Waals surface area (Å²) in [5.41, 5.74) is 6.86. The summed E-state index contributed by atoms with van der Waals surface area (Å²) in [6, 6.07) is 0. The van der Waals surface area contributed by atoms with E-state index in [2.05, 4.69) is 44.6 Å². The molecule has 0 amide bonds. The summed E-state index contributed by atoms with van der Waals surface area (Å²) in [5.74, 6) is 1.42. The molecule has 0 atom stereocenters. The maximum Gasteiger partial charge on any atom is 0.137 e. The Hall–Kier alpha value is -0.770. The second-order valence-electron chi connectivity index (χ2n) is 5.28. The van der Waals surface area contributed by atoms with Crippen LogP contribution in [0.2, 0.25) is 0 Å². The van der Waals surface area contributed by atoms with E-state index in [1.807, 2.05) is 6.92 Å². The third kappa shape index (κ3) is 3.11. The van der Waals surface area contributed by atoms with Gasteiger partial charge in [-0.3, -0.25) is 0 Å². The molecule has 4 heteroatoms. The number of nitrogens with zero attached hydrogens (tertiary/aromatic N) is 2. The molecular weight excluding hydrogens is 218 g/mol. The van der Waals surface area contributed by atoms with Crippen LogP contribution in [0.3, 0.4) is 0 Å². The van der Waals surface area contributed by atoms with E-state index in [-0.39, 0.29) is 5.41 Å². The van der Waals surface area contributed by atoms with Crippen LogP contribution < -0.4 is 5.73 Å². The van der Waals surface area contributed by atoms with Gasteiger partial charge in [-0.15, -0.1) is 11.8 Å². The molecule has 3 nitrogen and oxygen atoms in total. The third-order valence-corrected chi connectivity index (χ3v) is 3.25. The molecule has 0 aliphatic carbocycles. The van der Waals surface area contributed by atoms with Gasteiger partial charge in [-0.25, -0.2) is 9.97 Å². The Kier molecular flexibility index (Phi) is 3.84. The van der Waals surface area contributed by atoms with Crippen LogP contribution in [0.4, 0.5) is 5.82 Å². The average molecular weight is 239 g/mol. The maximum absolute atomic E-state index is 5.93. The van der Waals surface area contributed by atoms with E-state index in [0.29, 0.717) is 11.1 Å². The van der Waals surface area contributed by atoms with Gasteiger partial charge in [0.05, 0.1) is 0 Å². The van der Waals surface area contributed by atoms with Gasteiger partial charge in [-0.2, -0.15) is 0 Å². The van der Waals surface area contributed by atoms with Crippen molar-refractivity contribution in [1.29, 1.82) is 0 Å². The molecule has 0 aromatic carbocycles. The summed E-state index contributed by atoms with van der Waals surface area (Å²) in [4.78, 5) is 8.98.